The Balaban J connectivity index is 1.92. The van der Waals surface area contributed by atoms with Gasteiger partial charge in [-0.05, 0) is 16.8 Å². The fourth-order valence-corrected chi connectivity index (χ4v) is 2.75. The van der Waals surface area contributed by atoms with Gasteiger partial charge in [0.05, 0.1) is 18.5 Å². The number of hydrogen-bond donors (Lipinski definition) is 2. The zero-order valence-corrected chi connectivity index (χ0v) is 11.8. The first-order chi connectivity index (χ1) is 10.2. The highest BCUT2D eigenvalue weighted by molar-refractivity contribution is 7.19. The average molecular weight is 306 g/mol. The number of aryl methyl sites for hydroxylation is 1. The van der Waals surface area contributed by atoms with Gasteiger partial charge in [0, 0.05) is 11.8 Å². The van der Waals surface area contributed by atoms with Gasteiger partial charge in [0.15, 0.2) is 5.13 Å². The van der Waals surface area contributed by atoms with Crippen molar-refractivity contribution in [3.05, 3.63) is 35.8 Å². The highest BCUT2D eigenvalue weighted by Crippen LogP contribution is 2.34. The van der Waals surface area contributed by atoms with E-state index < -0.39 is 5.82 Å². The van der Waals surface area contributed by atoms with Gasteiger partial charge in [0.2, 0.25) is 0 Å². The maximum Gasteiger partial charge on any atom is 0.269 e. The van der Waals surface area contributed by atoms with Gasteiger partial charge in [0.25, 0.3) is 5.95 Å². The van der Waals surface area contributed by atoms with Crippen LogP contribution in [0.1, 0.15) is 5.56 Å². The molecule has 3 aromatic rings. The quantitative estimate of drug-likeness (QED) is 0.763. The first kappa shape index (κ1) is 13.6. The number of nitrogens with one attached hydrogen (secondary N) is 1. The van der Waals surface area contributed by atoms with Crippen molar-refractivity contribution in [1.82, 2.24) is 25.2 Å². The van der Waals surface area contributed by atoms with Crippen LogP contribution in [-0.4, -0.2) is 30.3 Å². The zero-order chi connectivity index (χ0) is 14.8. The van der Waals surface area contributed by atoms with Gasteiger partial charge in [-0.25, -0.2) is 9.37 Å². The van der Waals surface area contributed by atoms with Crippen molar-refractivity contribution >= 4 is 22.4 Å². The van der Waals surface area contributed by atoms with Gasteiger partial charge in [-0.15, -0.1) is 5.10 Å². The molecule has 0 aliphatic rings. The number of halogens is 1. The summed E-state index contributed by atoms with van der Waals surface area (Å²) in [6, 6.07) is 4.59. The van der Waals surface area contributed by atoms with E-state index in [0.29, 0.717) is 27.1 Å². The van der Waals surface area contributed by atoms with E-state index in [1.165, 1.54) is 22.2 Å². The van der Waals surface area contributed by atoms with Gasteiger partial charge >= 0.3 is 0 Å². The van der Waals surface area contributed by atoms with Crippen LogP contribution < -0.4 is 5.32 Å². The van der Waals surface area contributed by atoms with Crippen LogP contribution in [0.4, 0.5) is 15.5 Å². The van der Waals surface area contributed by atoms with Crippen molar-refractivity contribution in [3.8, 4) is 10.4 Å². The van der Waals surface area contributed by atoms with Crippen LogP contribution in [0.25, 0.3) is 10.4 Å². The molecule has 0 amide bonds. The number of tetrazole rings is 1. The van der Waals surface area contributed by atoms with E-state index in [-0.39, 0.29) is 6.61 Å². The Morgan fingerprint density at radius 2 is 2.29 bits per heavy atom. The molecular formula is C12H11FN6OS. The van der Waals surface area contributed by atoms with E-state index >= 15 is 0 Å². The van der Waals surface area contributed by atoms with Crippen LogP contribution in [0.3, 0.4) is 0 Å². The van der Waals surface area contributed by atoms with E-state index in [1.807, 2.05) is 0 Å². The Kier molecular flexibility index (Phi) is 3.59. The number of thiazole rings is 1. The molecule has 0 bridgehead atoms. The van der Waals surface area contributed by atoms with E-state index in [2.05, 4.69) is 25.7 Å². The van der Waals surface area contributed by atoms with Crippen molar-refractivity contribution in [3.63, 3.8) is 0 Å². The average Bonchev–Trinajstić information content (AvgIpc) is 3.08. The number of benzene rings is 1. The lowest BCUT2D eigenvalue weighted by Crippen LogP contribution is -1.94. The summed E-state index contributed by atoms with van der Waals surface area (Å²) < 4.78 is 14.0. The predicted molar refractivity (Wildman–Crippen MR) is 75.5 cm³/mol. The number of nitrogens with zero attached hydrogens (tertiary/aromatic N) is 5. The van der Waals surface area contributed by atoms with Gasteiger partial charge < -0.3 is 5.11 Å². The minimum Gasteiger partial charge on any atom is -0.392 e. The first-order valence-electron chi connectivity index (χ1n) is 6.03. The summed E-state index contributed by atoms with van der Waals surface area (Å²) in [5.41, 5.74) is 0.875. The third-order valence-electron chi connectivity index (χ3n) is 2.75. The maximum atomic E-state index is 14.0. The van der Waals surface area contributed by atoms with Crippen molar-refractivity contribution in [1.29, 1.82) is 0 Å². The summed E-state index contributed by atoms with van der Waals surface area (Å²) in [6.07, 6.45) is 1.54. The number of aromatic nitrogens is 5. The molecule has 0 atom stereocenters. The van der Waals surface area contributed by atoms with E-state index in [0.717, 1.165) is 0 Å². The first-order valence-corrected chi connectivity index (χ1v) is 6.84. The summed E-state index contributed by atoms with van der Waals surface area (Å²) in [5.74, 6) is -0.0799. The van der Waals surface area contributed by atoms with Crippen molar-refractivity contribution in [2.75, 3.05) is 5.32 Å². The molecule has 2 N–H and O–H groups in total. The number of hydrogen-bond acceptors (Lipinski definition) is 7. The van der Waals surface area contributed by atoms with Gasteiger partial charge in [-0.2, -0.15) is 4.80 Å². The zero-order valence-electron chi connectivity index (χ0n) is 11.0. The van der Waals surface area contributed by atoms with Crippen LogP contribution in [-0.2, 0) is 13.7 Å². The summed E-state index contributed by atoms with van der Waals surface area (Å²) >= 11 is 1.24. The minimum absolute atomic E-state index is 0.237. The molecule has 0 aliphatic carbocycles. The Morgan fingerprint density at radius 1 is 1.43 bits per heavy atom. The minimum atomic E-state index is -0.394. The number of anilines is 2. The molecule has 108 valence electrons. The Morgan fingerprint density at radius 3 is 3.00 bits per heavy atom. The second kappa shape index (κ2) is 5.54. The van der Waals surface area contributed by atoms with E-state index in [1.54, 1.807) is 25.4 Å². The van der Waals surface area contributed by atoms with Gasteiger partial charge in [-0.1, -0.05) is 28.6 Å². The monoisotopic (exact) mass is 306 g/mol. The molecule has 2 heterocycles. The fraction of sp³-hybridized carbons (Fsp3) is 0.167. The van der Waals surface area contributed by atoms with Crippen LogP contribution in [0.5, 0.6) is 0 Å². The van der Waals surface area contributed by atoms with Crippen molar-refractivity contribution in [2.45, 2.75) is 6.61 Å². The van der Waals surface area contributed by atoms with Gasteiger partial charge in [-0.3, -0.25) is 5.32 Å². The largest absolute Gasteiger partial charge is 0.392 e. The molecule has 1 aromatic carbocycles. The Labute approximate surface area is 123 Å². The molecular weight excluding hydrogens is 295 g/mol. The fourth-order valence-electron chi connectivity index (χ4n) is 1.85. The summed E-state index contributed by atoms with van der Waals surface area (Å²) in [7, 11) is 1.65. The summed E-state index contributed by atoms with van der Waals surface area (Å²) in [4.78, 5) is 6.09. The number of aliphatic hydroxyl groups is 1. The highest BCUT2D eigenvalue weighted by Gasteiger charge is 2.14. The van der Waals surface area contributed by atoms with Crippen molar-refractivity contribution in [2.24, 2.45) is 7.05 Å². The molecule has 0 unspecified atom stereocenters. The van der Waals surface area contributed by atoms with E-state index in [4.69, 9.17) is 0 Å². The second-order valence-corrected chi connectivity index (χ2v) is 5.22. The predicted octanol–water partition coefficient (Wildman–Crippen LogP) is 1.71. The number of rotatable bonds is 4. The molecule has 0 fully saturated rings. The number of aliphatic hydroxyl groups excluding tert-OH is 1. The normalized spacial score (nSPS) is 10.8. The summed E-state index contributed by atoms with van der Waals surface area (Å²) in [6.45, 7) is -0.237. The van der Waals surface area contributed by atoms with E-state index in [9.17, 15) is 9.50 Å². The molecule has 0 saturated heterocycles. The Bertz CT molecular complexity index is 771. The lowest BCUT2D eigenvalue weighted by Gasteiger charge is -2.05. The molecule has 0 saturated carbocycles. The summed E-state index contributed by atoms with van der Waals surface area (Å²) in [5, 5.41) is 24.2. The molecule has 0 spiro atoms. The van der Waals surface area contributed by atoms with Crippen LogP contribution >= 0.6 is 11.3 Å². The molecule has 2 aromatic heterocycles. The molecule has 9 heteroatoms. The smallest absolute Gasteiger partial charge is 0.269 e. The lowest BCUT2D eigenvalue weighted by molar-refractivity contribution is 0.282. The second-order valence-electron chi connectivity index (χ2n) is 4.19. The lowest BCUT2D eigenvalue weighted by atomic mass is 10.1. The molecule has 21 heavy (non-hydrogen) atoms. The van der Waals surface area contributed by atoms with Crippen LogP contribution in [0.2, 0.25) is 0 Å². The standard InChI is InChI=1S/C12H11FN6OS/c1-19-17-11(16-18-19)15-12-14-5-9(21-12)10-7(6-20)3-2-4-8(10)13/h2-5,20H,6H2,1H3,(H,14,15,17). The van der Waals surface area contributed by atoms with Crippen molar-refractivity contribution < 1.29 is 9.50 Å². The maximum absolute atomic E-state index is 14.0. The Hall–Kier alpha value is -2.39. The van der Waals surface area contributed by atoms with Crippen LogP contribution in [0, 0.1) is 5.82 Å². The topological polar surface area (TPSA) is 88.8 Å². The SMILES string of the molecule is Cn1nnc(Nc2ncc(-c3c(F)cccc3CO)s2)n1. The molecule has 0 radical (unpaired) electrons. The molecule has 0 aliphatic heterocycles. The third kappa shape index (κ3) is 2.73. The molecule has 3 rings (SSSR count). The van der Waals surface area contributed by atoms with Crippen LogP contribution in [0.15, 0.2) is 24.4 Å². The molecule has 7 nitrogen and oxygen atoms in total. The third-order valence-corrected chi connectivity index (χ3v) is 3.68. The highest BCUT2D eigenvalue weighted by atomic mass is 32.1. The van der Waals surface area contributed by atoms with Gasteiger partial charge in [0.1, 0.15) is 5.82 Å².